The summed E-state index contributed by atoms with van der Waals surface area (Å²) in [6, 6.07) is -0.622. The normalized spacial score (nSPS) is 13.5. The van der Waals surface area contributed by atoms with Crippen molar-refractivity contribution in [1.82, 2.24) is 0 Å². The predicted molar refractivity (Wildman–Crippen MR) is 229 cm³/mol. The summed E-state index contributed by atoms with van der Waals surface area (Å²) >= 11 is 0. The van der Waals surface area contributed by atoms with Gasteiger partial charge in [0, 0.05) is 19.3 Å². The van der Waals surface area contributed by atoms with E-state index in [-0.39, 0.29) is 36.2 Å². The molecular weight excluding hydrogens is 691 g/mol. The highest BCUT2D eigenvalue weighted by atomic mass is 16.6. The maximum Gasteiger partial charge on any atom is 0.362 e. The number of rotatable bonds is 38. The number of aliphatic carboxylic acids is 1. The van der Waals surface area contributed by atoms with Crippen LogP contribution >= 0.6 is 0 Å². The van der Waals surface area contributed by atoms with Crippen LogP contribution in [0.25, 0.3) is 0 Å². The van der Waals surface area contributed by atoms with Gasteiger partial charge in [-0.1, -0.05) is 177 Å². The average Bonchev–Trinajstić information content (AvgIpc) is 3.14. The van der Waals surface area contributed by atoms with E-state index >= 15 is 0 Å². The van der Waals surface area contributed by atoms with Crippen LogP contribution in [0.5, 0.6) is 0 Å². The van der Waals surface area contributed by atoms with Crippen molar-refractivity contribution in [2.45, 2.75) is 180 Å². The molecule has 0 amide bonds. The minimum atomic E-state index is -0.882. The number of quaternary nitrogens is 1. The first-order valence-corrected chi connectivity index (χ1v) is 21.9. The molecule has 0 aromatic carbocycles. The highest BCUT2D eigenvalue weighted by molar-refractivity contribution is 5.72. The Morgan fingerprint density at radius 3 is 1.51 bits per heavy atom. The Bertz CT molecular complexity index is 1090. The van der Waals surface area contributed by atoms with Crippen molar-refractivity contribution in [2.75, 3.05) is 41.0 Å². The Kier molecular flexibility index (Phi) is 35.9. The summed E-state index contributed by atoms with van der Waals surface area (Å²) in [7, 11) is 5.51. The maximum absolute atomic E-state index is 12.7. The summed E-state index contributed by atoms with van der Waals surface area (Å²) in [5.74, 6) is -1.52. The lowest BCUT2D eigenvalue weighted by atomic mass is 10.0. The molecule has 0 aliphatic heterocycles. The number of carbonyl (C=O) groups excluding carboxylic acids is 2. The van der Waals surface area contributed by atoms with Crippen molar-refractivity contribution >= 4 is 17.9 Å². The molecule has 0 aliphatic rings. The maximum atomic E-state index is 12.7. The number of allylic oxidation sites excluding steroid dienone is 10. The number of carboxylic acid groups (broad SMARTS) is 1. The summed E-state index contributed by atoms with van der Waals surface area (Å²) in [6.45, 7) is 4.55. The van der Waals surface area contributed by atoms with E-state index in [2.05, 4.69) is 26.0 Å². The summed E-state index contributed by atoms with van der Waals surface area (Å²) in [5, 5.41) is 9.61. The van der Waals surface area contributed by atoms with E-state index in [0.29, 0.717) is 19.3 Å². The summed E-state index contributed by atoms with van der Waals surface area (Å²) in [5.41, 5.74) is 0. The molecule has 0 heterocycles. The van der Waals surface area contributed by atoms with Crippen molar-refractivity contribution in [3.05, 3.63) is 60.8 Å². The van der Waals surface area contributed by atoms with Crippen molar-refractivity contribution in [3.63, 3.8) is 0 Å². The first-order chi connectivity index (χ1) is 26.6. The molecule has 316 valence electrons. The van der Waals surface area contributed by atoms with Crippen molar-refractivity contribution in [1.29, 1.82) is 0 Å². The third-order valence-electron chi connectivity index (χ3n) is 9.56. The third-order valence-corrected chi connectivity index (χ3v) is 9.56. The number of hydrogen-bond acceptors (Lipinski definition) is 6. The second-order valence-corrected chi connectivity index (χ2v) is 15.7. The lowest BCUT2D eigenvalue weighted by molar-refractivity contribution is -0.887. The van der Waals surface area contributed by atoms with Crippen LogP contribution in [0.1, 0.15) is 168 Å². The largest absolute Gasteiger partial charge is 0.477 e. The molecule has 55 heavy (non-hydrogen) atoms. The molecule has 0 aliphatic carbocycles. The lowest BCUT2D eigenvalue weighted by Gasteiger charge is -2.31. The van der Waals surface area contributed by atoms with Crippen molar-refractivity contribution in [3.8, 4) is 0 Å². The smallest absolute Gasteiger partial charge is 0.362 e. The third kappa shape index (κ3) is 36.4. The minimum absolute atomic E-state index is 0.0467. The fraction of sp³-hybridized carbons (Fsp3) is 0.723. The number of esters is 2. The average molecular weight is 773 g/mol. The van der Waals surface area contributed by atoms with Crippen molar-refractivity contribution < 1.29 is 38.2 Å². The fourth-order valence-corrected chi connectivity index (χ4v) is 6.17. The lowest BCUT2D eigenvalue weighted by Crippen LogP contribution is -2.50. The second-order valence-electron chi connectivity index (χ2n) is 15.7. The zero-order valence-electron chi connectivity index (χ0n) is 35.9. The molecule has 0 fully saturated rings. The van der Waals surface area contributed by atoms with Gasteiger partial charge in [0.1, 0.15) is 6.61 Å². The van der Waals surface area contributed by atoms with Crippen LogP contribution in [0.15, 0.2) is 60.8 Å². The van der Waals surface area contributed by atoms with Gasteiger partial charge in [-0.25, -0.2) is 4.79 Å². The second kappa shape index (κ2) is 37.9. The number of carbonyl (C=O) groups is 3. The van der Waals surface area contributed by atoms with Crippen LogP contribution in [-0.4, -0.2) is 80.6 Å². The Balaban J connectivity index is 4.42. The molecule has 0 saturated carbocycles. The molecule has 0 aromatic heterocycles. The van der Waals surface area contributed by atoms with Gasteiger partial charge in [0.2, 0.25) is 0 Å². The van der Waals surface area contributed by atoms with Gasteiger partial charge < -0.3 is 23.8 Å². The van der Waals surface area contributed by atoms with Gasteiger partial charge in [0.25, 0.3) is 0 Å². The Hall–Kier alpha value is -2.97. The van der Waals surface area contributed by atoms with Gasteiger partial charge in [-0.3, -0.25) is 9.59 Å². The van der Waals surface area contributed by atoms with E-state index in [1.165, 1.54) is 83.5 Å². The van der Waals surface area contributed by atoms with Crippen molar-refractivity contribution in [2.24, 2.45) is 0 Å². The molecule has 0 aromatic rings. The topological polar surface area (TPSA) is 99.1 Å². The van der Waals surface area contributed by atoms with Crippen LogP contribution < -0.4 is 0 Å². The Morgan fingerprint density at radius 1 is 0.564 bits per heavy atom. The van der Waals surface area contributed by atoms with Gasteiger partial charge in [-0.2, -0.15) is 0 Å². The van der Waals surface area contributed by atoms with Crippen LogP contribution in [0.4, 0.5) is 0 Å². The van der Waals surface area contributed by atoms with E-state index in [0.717, 1.165) is 51.4 Å². The Morgan fingerprint density at radius 2 is 1.02 bits per heavy atom. The molecule has 8 nitrogen and oxygen atoms in total. The van der Waals surface area contributed by atoms with E-state index in [1.54, 1.807) is 0 Å². The number of hydrogen-bond donors (Lipinski definition) is 1. The zero-order valence-corrected chi connectivity index (χ0v) is 35.9. The molecule has 0 rings (SSSR count). The quantitative estimate of drug-likeness (QED) is 0.0289. The highest BCUT2D eigenvalue weighted by Crippen LogP contribution is 2.15. The molecule has 0 radical (unpaired) electrons. The van der Waals surface area contributed by atoms with E-state index in [1.807, 2.05) is 69.8 Å². The first kappa shape index (κ1) is 52.0. The number of unbranched alkanes of at least 4 members (excludes halogenated alkanes) is 18. The van der Waals surface area contributed by atoms with E-state index in [9.17, 15) is 19.5 Å². The molecule has 2 atom stereocenters. The summed E-state index contributed by atoms with van der Waals surface area (Å²) in [6.07, 6.45) is 45.5. The van der Waals surface area contributed by atoms with E-state index < -0.39 is 18.1 Å². The van der Waals surface area contributed by atoms with E-state index in [4.69, 9.17) is 14.2 Å². The summed E-state index contributed by atoms with van der Waals surface area (Å²) < 4.78 is 17.2. The van der Waals surface area contributed by atoms with Gasteiger partial charge >= 0.3 is 17.9 Å². The number of ether oxygens (including phenoxy) is 3. The highest BCUT2D eigenvalue weighted by Gasteiger charge is 2.31. The van der Waals surface area contributed by atoms with Gasteiger partial charge in [-0.15, -0.1) is 0 Å². The SMILES string of the molecule is CC/C=C/C=C/C=C/C=C/C=C/CCCCCC(=O)OCC(COCCC(C(=O)O)[N+](C)(C)C)OC(=O)CCCCCCCCCCCCCCCCCC. The number of carboxylic acids is 1. The number of nitrogens with zero attached hydrogens (tertiary/aromatic N) is 1. The van der Waals surface area contributed by atoms with Crippen LogP contribution in [0.3, 0.4) is 0 Å². The zero-order chi connectivity index (χ0) is 40.7. The molecule has 0 bridgehead atoms. The van der Waals surface area contributed by atoms with Crippen LogP contribution in [-0.2, 0) is 28.6 Å². The summed E-state index contributed by atoms with van der Waals surface area (Å²) in [4.78, 5) is 36.9. The molecule has 0 spiro atoms. The minimum Gasteiger partial charge on any atom is -0.477 e. The molecule has 1 N–H and O–H groups in total. The van der Waals surface area contributed by atoms with Gasteiger partial charge in [0.15, 0.2) is 12.1 Å². The van der Waals surface area contributed by atoms with Crippen LogP contribution in [0.2, 0.25) is 0 Å². The molecule has 2 unspecified atom stereocenters. The predicted octanol–water partition coefficient (Wildman–Crippen LogP) is 11.8. The molecule has 8 heteroatoms. The first-order valence-electron chi connectivity index (χ1n) is 21.9. The van der Waals surface area contributed by atoms with Crippen LogP contribution in [0, 0.1) is 0 Å². The number of likely N-dealkylation sites (N-methyl/N-ethyl adjacent to an activating group) is 1. The van der Waals surface area contributed by atoms with Gasteiger partial charge in [-0.05, 0) is 32.1 Å². The fourth-order valence-electron chi connectivity index (χ4n) is 6.17. The molecule has 0 saturated heterocycles. The van der Waals surface area contributed by atoms with Gasteiger partial charge in [0.05, 0.1) is 34.4 Å². The Labute approximate surface area is 337 Å². The standard InChI is InChI=1S/C47H81NO7/c1-6-8-10-12-14-16-18-20-22-24-26-28-30-32-34-36-38-46(50)55-43(41-53-40-39-44(47(51)52)48(3,4)5)42-54-45(49)37-35-33-31-29-27-25-23-21-19-17-15-13-11-9-7-2/h9,11,13,15,17,19,21,23,25,27,43-44H,6-8,10,12,14,16,18,20,22,24,26,28-42H2,1-5H3/p+1/b11-9+,15-13+,19-17+,23-21+,27-25+. The monoisotopic (exact) mass is 773 g/mol. The molecular formula is C47H82NO7+.